The number of amides is 1. The van der Waals surface area contributed by atoms with Crippen molar-refractivity contribution in [2.75, 3.05) is 11.6 Å². The molecular formula is C11H12N2O3. The summed E-state index contributed by atoms with van der Waals surface area (Å²) in [4.78, 5) is 22.1. The third-order valence-corrected chi connectivity index (χ3v) is 2.55. The second-order valence-corrected chi connectivity index (χ2v) is 3.84. The van der Waals surface area contributed by atoms with E-state index in [0.29, 0.717) is 12.2 Å². The fraction of sp³-hybridized carbons (Fsp3) is 0.273. The van der Waals surface area contributed by atoms with E-state index in [1.54, 1.807) is 23.2 Å². The van der Waals surface area contributed by atoms with E-state index >= 15 is 0 Å². The number of anilines is 1. The lowest BCUT2D eigenvalue weighted by Crippen LogP contribution is -2.33. The Kier molecular flexibility index (Phi) is 2.52. The third-order valence-electron chi connectivity index (χ3n) is 2.55. The number of hydrogen-bond acceptors (Lipinski definition) is 3. The van der Waals surface area contributed by atoms with E-state index in [-0.39, 0.29) is 17.4 Å². The van der Waals surface area contributed by atoms with Crippen LogP contribution in [0.3, 0.4) is 0 Å². The van der Waals surface area contributed by atoms with Crippen molar-refractivity contribution in [3.8, 4) is 0 Å². The molecule has 1 aliphatic heterocycles. The maximum Gasteiger partial charge on any atom is 0.335 e. The van der Waals surface area contributed by atoms with Crippen molar-refractivity contribution >= 4 is 17.6 Å². The largest absolute Gasteiger partial charge is 0.478 e. The highest BCUT2D eigenvalue weighted by Gasteiger charge is 2.26. The fourth-order valence-corrected chi connectivity index (χ4v) is 1.62. The van der Waals surface area contributed by atoms with Crippen LogP contribution in [0.15, 0.2) is 24.3 Å². The summed E-state index contributed by atoms with van der Waals surface area (Å²) in [5, 5.41) is 10.5. The molecule has 5 heteroatoms. The number of hydrazine groups is 1. The Labute approximate surface area is 92.6 Å². The molecule has 5 nitrogen and oxygen atoms in total. The maximum absolute atomic E-state index is 11.3. The molecule has 1 amide bonds. The van der Waals surface area contributed by atoms with Crippen LogP contribution in [0.1, 0.15) is 17.3 Å². The van der Waals surface area contributed by atoms with E-state index in [4.69, 9.17) is 5.11 Å². The normalized spacial score (nSPS) is 19.7. The van der Waals surface area contributed by atoms with Crippen LogP contribution < -0.4 is 10.4 Å². The Morgan fingerprint density at radius 1 is 1.56 bits per heavy atom. The number of carboxylic acid groups (broad SMARTS) is 1. The van der Waals surface area contributed by atoms with Gasteiger partial charge in [0, 0.05) is 0 Å². The Balaban J connectivity index is 2.25. The van der Waals surface area contributed by atoms with Crippen molar-refractivity contribution in [2.24, 2.45) is 5.92 Å². The highest BCUT2D eigenvalue weighted by molar-refractivity contribution is 5.89. The number of hydrogen-bond donors (Lipinski definition) is 2. The van der Waals surface area contributed by atoms with Crippen LogP contribution in [0, 0.1) is 5.92 Å². The van der Waals surface area contributed by atoms with E-state index in [1.807, 2.05) is 6.92 Å². The van der Waals surface area contributed by atoms with Gasteiger partial charge in [-0.05, 0) is 18.2 Å². The molecular weight excluding hydrogens is 208 g/mol. The van der Waals surface area contributed by atoms with E-state index in [0.717, 1.165) is 0 Å². The van der Waals surface area contributed by atoms with Crippen LogP contribution >= 0.6 is 0 Å². The van der Waals surface area contributed by atoms with Gasteiger partial charge in [-0.3, -0.25) is 15.2 Å². The molecule has 16 heavy (non-hydrogen) atoms. The summed E-state index contributed by atoms with van der Waals surface area (Å²) >= 11 is 0. The van der Waals surface area contributed by atoms with E-state index < -0.39 is 5.97 Å². The molecule has 0 aromatic heterocycles. The molecule has 1 atom stereocenters. The van der Waals surface area contributed by atoms with Crippen molar-refractivity contribution in [2.45, 2.75) is 6.92 Å². The number of carbonyl (C=O) groups excluding carboxylic acids is 1. The predicted molar refractivity (Wildman–Crippen MR) is 58.1 cm³/mol. The molecule has 84 valence electrons. The molecule has 1 unspecified atom stereocenters. The first kappa shape index (κ1) is 10.5. The summed E-state index contributed by atoms with van der Waals surface area (Å²) in [5.74, 6) is -1.09. The first-order chi connectivity index (χ1) is 7.58. The van der Waals surface area contributed by atoms with Crippen LogP contribution in [-0.2, 0) is 4.79 Å². The van der Waals surface area contributed by atoms with Gasteiger partial charge in [0.05, 0.1) is 23.7 Å². The van der Waals surface area contributed by atoms with Crippen LogP contribution in [0.5, 0.6) is 0 Å². The number of benzene rings is 1. The summed E-state index contributed by atoms with van der Waals surface area (Å²) in [6.45, 7) is 2.39. The first-order valence-corrected chi connectivity index (χ1v) is 4.99. The first-order valence-electron chi connectivity index (χ1n) is 4.99. The van der Waals surface area contributed by atoms with Crippen molar-refractivity contribution < 1.29 is 14.7 Å². The van der Waals surface area contributed by atoms with Gasteiger partial charge in [0.1, 0.15) is 0 Å². The Morgan fingerprint density at radius 2 is 2.31 bits per heavy atom. The summed E-state index contributed by atoms with van der Waals surface area (Å²) in [5.41, 5.74) is 3.59. The standard InChI is InChI=1S/C11H12N2O3/c1-7-6-13(12-10(7)14)9-4-2-3-8(5-9)11(15)16/h2-5,7H,6H2,1H3,(H,12,14)(H,15,16). The average Bonchev–Trinajstić information content (AvgIpc) is 2.59. The quantitative estimate of drug-likeness (QED) is 0.776. The molecule has 1 aromatic carbocycles. The highest BCUT2D eigenvalue weighted by Crippen LogP contribution is 2.19. The Bertz CT molecular complexity index is 445. The molecule has 1 heterocycles. The van der Waals surface area contributed by atoms with Gasteiger partial charge in [0.25, 0.3) is 0 Å². The molecule has 0 bridgehead atoms. The van der Waals surface area contributed by atoms with Gasteiger partial charge in [0.2, 0.25) is 5.91 Å². The van der Waals surface area contributed by atoms with Crippen LogP contribution in [-0.4, -0.2) is 23.5 Å². The SMILES string of the molecule is CC1CN(c2cccc(C(=O)O)c2)NC1=O. The minimum Gasteiger partial charge on any atom is -0.478 e. The summed E-state index contributed by atoms with van der Waals surface area (Å²) in [6.07, 6.45) is 0. The minimum atomic E-state index is -0.972. The van der Waals surface area contributed by atoms with Gasteiger partial charge in [-0.15, -0.1) is 0 Å². The highest BCUT2D eigenvalue weighted by atomic mass is 16.4. The fourth-order valence-electron chi connectivity index (χ4n) is 1.62. The van der Waals surface area contributed by atoms with Crippen LogP contribution in [0.4, 0.5) is 5.69 Å². The van der Waals surface area contributed by atoms with Crippen LogP contribution in [0.2, 0.25) is 0 Å². The van der Waals surface area contributed by atoms with Crippen molar-refractivity contribution in [3.05, 3.63) is 29.8 Å². The Morgan fingerprint density at radius 3 is 2.88 bits per heavy atom. The molecule has 2 rings (SSSR count). The topological polar surface area (TPSA) is 69.6 Å². The number of rotatable bonds is 2. The van der Waals surface area contributed by atoms with Crippen LogP contribution in [0.25, 0.3) is 0 Å². The lowest BCUT2D eigenvalue weighted by atomic mass is 10.1. The summed E-state index contributed by atoms with van der Waals surface area (Å²) in [7, 11) is 0. The number of nitrogens with zero attached hydrogens (tertiary/aromatic N) is 1. The molecule has 1 aromatic rings. The number of nitrogens with one attached hydrogen (secondary N) is 1. The summed E-state index contributed by atoms with van der Waals surface area (Å²) < 4.78 is 0. The lowest BCUT2D eigenvalue weighted by Gasteiger charge is -2.17. The smallest absolute Gasteiger partial charge is 0.335 e. The van der Waals surface area contributed by atoms with Crippen molar-refractivity contribution in [3.63, 3.8) is 0 Å². The third kappa shape index (κ3) is 1.84. The second-order valence-electron chi connectivity index (χ2n) is 3.84. The molecule has 2 N–H and O–H groups in total. The van der Waals surface area contributed by atoms with Gasteiger partial charge in [-0.25, -0.2) is 4.79 Å². The zero-order chi connectivity index (χ0) is 11.7. The van der Waals surface area contributed by atoms with E-state index in [9.17, 15) is 9.59 Å². The number of carboxylic acids is 1. The van der Waals surface area contributed by atoms with Gasteiger partial charge in [-0.1, -0.05) is 13.0 Å². The zero-order valence-corrected chi connectivity index (χ0v) is 8.80. The Hall–Kier alpha value is -2.04. The minimum absolute atomic E-state index is 0.0410. The van der Waals surface area contributed by atoms with Crippen molar-refractivity contribution in [1.29, 1.82) is 0 Å². The monoisotopic (exact) mass is 220 g/mol. The predicted octanol–water partition coefficient (Wildman–Crippen LogP) is 0.872. The molecule has 0 saturated carbocycles. The average molecular weight is 220 g/mol. The second kappa shape index (κ2) is 3.84. The van der Waals surface area contributed by atoms with Gasteiger partial charge < -0.3 is 5.11 Å². The molecule has 0 aliphatic carbocycles. The zero-order valence-electron chi connectivity index (χ0n) is 8.80. The van der Waals surface area contributed by atoms with E-state index in [1.165, 1.54) is 6.07 Å². The van der Waals surface area contributed by atoms with Gasteiger partial charge >= 0.3 is 5.97 Å². The molecule has 1 saturated heterocycles. The number of aromatic carboxylic acids is 1. The van der Waals surface area contributed by atoms with Gasteiger partial charge in [-0.2, -0.15) is 0 Å². The molecule has 1 fully saturated rings. The lowest BCUT2D eigenvalue weighted by molar-refractivity contribution is -0.121. The summed E-state index contributed by atoms with van der Waals surface area (Å²) in [6, 6.07) is 6.49. The molecule has 1 aliphatic rings. The van der Waals surface area contributed by atoms with E-state index in [2.05, 4.69) is 5.43 Å². The number of carbonyl (C=O) groups is 2. The van der Waals surface area contributed by atoms with Crippen molar-refractivity contribution in [1.82, 2.24) is 5.43 Å². The molecule has 0 radical (unpaired) electrons. The molecule has 0 spiro atoms. The van der Waals surface area contributed by atoms with Gasteiger partial charge in [0.15, 0.2) is 0 Å². The maximum atomic E-state index is 11.3.